The molecule has 1 N–H and O–H groups in total. The van der Waals surface area contributed by atoms with Crippen LogP contribution in [0.2, 0.25) is 10.0 Å². The molecule has 3 atom stereocenters. The lowest BCUT2D eigenvalue weighted by Crippen LogP contribution is -2.70. The summed E-state index contributed by atoms with van der Waals surface area (Å²) >= 11 is 14.1. The van der Waals surface area contributed by atoms with Crippen molar-refractivity contribution < 1.29 is 18.9 Å². The molecule has 1 aromatic heterocycles. The minimum atomic E-state index is -0.741. The molecule has 2 fully saturated rings. The van der Waals surface area contributed by atoms with Crippen molar-refractivity contribution in [3.63, 3.8) is 0 Å². The standard InChI is InChI=1S/C20H19Cl2N3O4S/c1-8(26)16-20(3,4)30-19-15(18(28)25(16)19)23-17(27)12-9(2)29-24-14(12)13-10(21)6-5-7-11(13)22/h5-7,15-16,19H,1-4H3,(H,23,27)/t15-,16+,19-/m1/s1. The molecule has 0 radical (unpaired) electrons. The zero-order valence-corrected chi connectivity index (χ0v) is 19.0. The van der Waals surface area contributed by atoms with Crippen LogP contribution in [0.25, 0.3) is 11.3 Å². The van der Waals surface area contributed by atoms with E-state index < -0.39 is 22.7 Å². The van der Waals surface area contributed by atoms with Gasteiger partial charge in [-0.25, -0.2) is 0 Å². The topological polar surface area (TPSA) is 92.5 Å². The van der Waals surface area contributed by atoms with Crippen LogP contribution in [-0.2, 0) is 9.59 Å². The third kappa shape index (κ3) is 3.13. The molecule has 2 aliphatic rings. The molecular formula is C20H19Cl2N3O4S. The summed E-state index contributed by atoms with van der Waals surface area (Å²) in [4.78, 5) is 39.5. The van der Waals surface area contributed by atoms with Crippen LogP contribution in [0.15, 0.2) is 22.7 Å². The fraction of sp³-hybridized carbons (Fsp3) is 0.400. The number of aryl methyl sites for hydroxylation is 1. The van der Waals surface area contributed by atoms with E-state index in [9.17, 15) is 14.4 Å². The molecule has 2 aliphatic heterocycles. The highest BCUT2D eigenvalue weighted by molar-refractivity contribution is 8.01. The number of amides is 2. The lowest BCUT2D eigenvalue weighted by Gasteiger charge is -2.44. The van der Waals surface area contributed by atoms with E-state index in [2.05, 4.69) is 10.5 Å². The number of ketones is 1. The quantitative estimate of drug-likeness (QED) is 0.688. The minimum Gasteiger partial charge on any atom is -0.360 e. The lowest BCUT2D eigenvalue weighted by molar-refractivity contribution is -0.152. The van der Waals surface area contributed by atoms with Crippen LogP contribution >= 0.6 is 35.0 Å². The maximum atomic E-state index is 13.1. The van der Waals surface area contributed by atoms with Crippen LogP contribution < -0.4 is 5.32 Å². The molecule has 0 unspecified atom stereocenters. The molecule has 3 heterocycles. The predicted molar refractivity (Wildman–Crippen MR) is 115 cm³/mol. The number of hydrogen-bond donors (Lipinski definition) is 1. The molecule has 30 heavy (non-hydrogen) atoms. The molecule has 2 aromatic rings. The number of halogens is 2. The van der Waals surface area contributed by atoms with E-state index in [1.54, 1.807) is 30.0 Å². The molecule has 10 heteroatoms. The first kappa shape index (κ1) is 21.2. The first-order chi connectivity index (χ1) is 14.0. The second kappa shape index (κ2) is 7.28. The monoisotopic (exact) mass is 467 g/mol. The molecule has 4 rings (SSSR count). The highest BCUT2D eigenvalue weighted by atomic mass is 35.5. The number of nitrogens with one attached hydrogen (secondary N) is 1. The van der Waals surface area contributed by atoms with Crippen LogP contribution in [0.1, 0.15) is 36.9 Å². The van der Waals surface area contributed by atoms with Gasteiger partial charge in [-0.15, -0.1) is 11.8 Å². The number of β-lactam (4-membered cyclic amide) rings is 1. The number of fused-ring (bicyclic) bond motifs is 1. The van der Waals surface area contributed by atoms with Gasteiger partial charge in [-0.1, -0.05) is 34.4 Å². The van der Waals surface area contributed by atoms with E-state index in [-0.39, 0.29) is 34.1 Å². The molecule has 0 spiro atoms. The van der Waals surface area contributed by atoms with Gasteiger partial charge in [-0.2, -0.15) is 0 Å². The van der Waals surface area contributed by atoms with Crippen LogP contribution in [-0.4, -0.2) is 49.9 Å². The van der Waals surface area contributed by atoms with E-state index in [0.29, 0.717) is 15.6 Å². The summed E-state index contributed by atoms with van der Waals surface area (Å²) in [5.41, 5.74) is 0.768. The number of benzene rings is 1. The Kier molecular flexibility index (Phi) is 5.15. The third-order valence-corrected chi connectivity index (χ3v) is 7.60. The normalized spacial score (nSPS) is 24.4. The largest absolute Gasteiger partial charge is 0.360 e. The molecule has 0 aliphatic carbocycles. The van der Waals surface area contributed by atoms with Crippen molar-refractivity contribution in [2.24, 2.45) is 0 Å². The maximum absolute atomic E-state index is 13.1. The number of nitrogens with zero attached hydrogens (tertiary/aromatic N) is 2. The summed E-state index contributed by atoms with van der Waals surface area (Å²) in [6, 6.07) is 3.72. The second-order valence-electron chi connectivity index (χ2n) is 7.88. The number of Topliss-reactive ketones (excluding diaryl/α,β-unsaturated/α-hetero) is 1. The van der Waals surface area contributed by atoms with Gasteiger partial charge in [0.1, 0.15) is 34.5 Å². The van der Waals surface area contributed by atoms with Gasteiger partial charge in [0.2, 0.25) is 5.91 Å². The van der Waals surface area contributed by atoms with E-state index >= 15 is 0 Å². The van der Waals surface area contributed by atoms with Crippen LogP contribution in [0, 0.1) is 6.92 Å². The number of rotatable bonds is 4. The van der Waals surface area contributed by atoms with Crippen LogP contribution in [0.3, 0.4) is 0 Å². The van der Waals surface area contributed by atoms with Gasteiger partial charge in [0.05, 0.1) is 10.0 Å². The van der Waals surface area contributed by atoms with Gasteiger partial charge in [-0.05, 0) is 39.8 Å². The van der Waals surface area contributed by atoms with Crippen molar-refractivity contribution in [2.75, 3.05) is 0 Å². The Morgan fingerprint density at radius 3 is 2.50 bits per heavy atom. The average molecular weight is 468 g/mol. The molecule has 158 valence electrons. The number of carbonyl (C=O) groups excluding carboxylic acids is 3. The Balaban J connectivity index is 1.62. The van der Waals surface area contributed by atoms with E-state index in [1.165, 1.54) is 18.7 Å². The Morgan fingerprint density at radius 1 is 1.27 bits per heavy atom. The van der Waals surface area contributed by atoms with E-state index in [1.807, 2.05) is 13.8 Å². The SMILES string of the molecule is CC(=O)[C@@H]1N2C(=O)[C@@H](NC(=O)c3c(-c4c(Cl)cccc4Cl)noc3C)[C@H]2SC1(C)C. The Bertz CT molecular complexity index is 1060. The predicted octanol–water partition coefficient (Wildman–Crippen LogP) is 3.71. The Morgan fingerprint density at radius 2 is 1.90 bits per heavy atom. The smallest absolute Gasteiger partial charge is 0.257 e. The van der Waals surface area contributed by atoms with E-state index in [4.69, 9.17) is 27.7 Å². The molecule has 0 saturated carbocycles. The molecule has 0 bridgehead atoms. The van der Waals surface area contributed by atoms with Gasteiger partial charge in [-0.3, -0.25) is 14.4 Å². The van der Waals surface area contributed by atoms with Gasteiger partial charge < -0.3 is 14.7 Å². The summed E-state index contributed by atoms with van der Waals surface area (Å²) in [7, 11) is 0. The van der Waals surface area contributed by atoms with Crippen LogP contribution in [0.4, 0.5) is 0 Å². The molecular weight excluding hydrogens is 449 g/mol. The summed E-state index contributed by atoms with van der Waals surface area (Å²) in [5, 5.41) is 7.10. The molecule has 7 nitrogen and oxygen atoms in total. The van der Waals surface area contributed by atoms with Gasteiger partial charge in [0, 0.05) is 10.3 Å². The molecule has 1 aromatic carbocycles. The van der Waals surface area contributed by atoms with Crippen molar-refractivity contribution in [3.05, 3.63) is 39.6 Å². The van der Waals surface area contributed by atoms with Crippen molar-refractivity contribution in [2.45, 2.75) is 49.9 Å². The van der Waals surface area contributed by atoms with Crippen LogP contribution in [0.5, 0.6) is 0 Å². The summed E-state index contributed by atoms with van der Waals surface area (Å²) < 4.78 is 4.80. The Hall–Kier alpha value is -2.03. The first-order valence-electron chi connectivity index (χ1n) is 9.26. The fourth-order valence-corrected chi connectivity index (χ4v) is 6.43. The van der Waals surface area contributed by atoms with Crippen molar-refractivity contribution in [1.29, 1.82) is 0 Å². The zero-order valence-electron chi connectivity index (χ0n) is 16.7. The first-order valence-corrected chi connectivity index (χ1v) is 10.9. The highest BCUT2D eigenvalue weighted by Gasteiger charge is 2.63. The van der Waals surface area contributed by atoms with Crippen molar-refractivity contribution in [3.8, 4) is 11.3 Å². The maximum Gasteiger partial charge on any atom is 0.257 e. The third-order valence-electron chi connectivity index (χ3n) is 5.40. The average Bonchev–Trinajstić information content (AvgIpc) is 3.14. The van der Waals surface area contributed by atoms with Gasteiger partial charge in [0.25, 0.3) is 5.91 Å². The summed E-state index contributed by atoms with van der Waals surface area (Å²) in [6.07, 6.45) is 0. The second-order valence-corrected chi connectivity index (χ2v) is 10.5. The van der Waals surface area contributed by atoms with E-state index in [0.717, 1.165) is 0 Å². The van der Waals surface area contributed by atoms with Gasteiger partial charge >= 0.3 is 0 Å². The van der Waals surface area contributed by atoms with Crippen molar-refractivity contribution >= 4 is 52.6 Å². The minimum absolute atomic E-state index is 0.0707. The number of carbonyl (C=O) groups is 3. The summed E-state index contributed by atoms with van der Waals surface area (Å²) in [5.74, 6) is -0.581. The van der Waals surface area contributed by atoms with Crippen molar-refractivity contribution in [1.82, 2.24) is 15.4 Å². The zero-order chi connectivity index (χ0) is 22.0. The number of thioether (sulfide) groups is 1. The summed E-state index contributed by atoms with van der Waals surface area (Å²) in [6.45, 7) is 6.94. The molecule has 2 saturated heterocycles. The number of aromatic nitrogens is 1. The van der Waals surface area contributed by atoms with Gasteiger partial charge in [0.15, 0.2) is 5.78 Å². The fourth-order valence-electron chi connectivity index (χ4n) is 4.16. The molecule has 2 amide bonds. The number of hydrogen-bond acceptors (Lipinski definition) is 6. The lowest BCUT2D eigenvalue weighted by atomic mass is 9.93. The highest BCUT2D eigenvalue weighted by Crippen LogP contribution is 2.51. The Labute approximate surface area is 187 Å².